The summed E-state index contributed by atoms with van der Waals surface area (Å²) >= 11 is 0. The minimum atomic E-state index is -0.170. The maximum Gasteiger partial charge on any atom is 0.160 e. The standard InChI is InChI=1S/C22H22O/c1-21(2,3)17-14-18(23)20-19(17)22(20,15-10-6-4-7-11-15)16-12-8-5-9-13-16/h4-14,19-20H,1-3H3. The summed E-state index contributed by atoms with van der Waals surface area (Å²) in [5.74, 6) is 0.675. The monoisotopic (exact) mass is 302 g/mol. The Balaban J connectivity index is 1.92. The molecule has 0 N–H and O–H groups in total. The molecule has 1 saturated carbocycles. The molecule has 0 radical (unpaired) electrons. The normalized spacial score (nSPS) is 25.0. The van der Waals surface area contributed by atoms with Gasteiger partial charge in [-0.2, -0.15) is 0 Å². The number of fused-ring (bicyclic) bond motifs is 1. The van der Waals surface area contributed by atoms with E-state index in [1.807, 2.05) is 18.2 Å². The average molecular weight is 302 g/mol. The molecule has 2 unspecified atom stereocenters. The van der Waals surface area contributed by atoms with Gasteiger partial charge in [-0.05, 0) is 22.6 Å². The van der Waals surface area contributed by atoms with Crippen LogP contribution in [0.2, 0.25) is 0 Å². The van der Waals surface area contributed by atoms with Gasteiger partial charge in [-0.3, -0.25) is 4.79 Å². The Kier molecular flexibility index (Phi) is 2.93. The summed E-state index contributed by atoms with van der Waals surface area (Å²) in [6.07, 6.45) is 1.92. The molecule has 2 aromatic rings. The SMILES string of the molecule is CC(C)(C)C1=CC(=O)C2C1C2(c1ccccc1)c1ccccc1. The Bertz CT molecular complexity index is 738. The van der Waals surface area contributed by atoms with E-state index in [-0.39, 0.29) is 16.7 Å². The number of rotatable bonds is 2. The lowest BCUT2D eigenvalue weighted by Gasteiger charge is -2.27. The molecule has 0 bridgehead atoms. The number of ketones is 1. The van der Waals surface area contributed by atoms with Gasteiger partial charge in [-0.25, -0.2) is 0 Å². The van der Waals surface area contributed by atoms with Gasteiger partial charge >= 0.3 is 0 Å². The van der Waals surface area contributed by atoms with Crippen molar-refractivity contribution in [2.75, 3.05) is 0 Å². The Morgan fingerprint density at radius 1 is 0.783 bits per heavy atom. The topological polar surface area (TPSA) is 17.1 Å². The molecule has 0 aliphatic heterocycles. The van der Waals surface area contributed by atoms with E-state index >= 15 is 0 Å². The molecule has 2 aromatic carbocycles. The third-order valence-electron chi connectivity index (χ3n) is 5.51. The van der Waals surface area contributed by atoms with Crippen molar-refractivity contribution in [3.63, 3.8) is 0 Å². The minimum Gasteiger partial charge on any atom is -0.294 e. The van der Waals surface area contributed by atoms with Crippen molar-refractivity contribution in [2.45, 2.75) is 26.2 Å². The number of benzene rings is 2. The van der Waals surface area contributed by atoms with Crippen LogP contribution in [-0.4, -0.2) is 5.78 Å². The molecule has 0 heterocycles. The lowest BCUT2D eigenvalue weighted by atomic mass is 9.76. The molecule has 1 heteroatoms. The summed E-state index contributed by atoms with van der Waals surface area (Å²) < 4.78 is 0. The lowest BCUT2D eigenvalue weighted by Crippen LogP contribution is -2.22. The second kappa shape index (κ2) is 4.67. The number of allylic oxidation sites excluding steroid dienone is 2. The third-order valence-corrected chi connectivity index (χ3v) is 5.51. The molecular weight excluding hydrogens is 280 g/mol. The molecule has 0 saturated heterocycles. The second-order valence-corrected chi connectivity index (χ2v) is 7.81. The van der Waals surface area contributed by atoms with Gasteiger partial charge in [0, 0.05) is 17.3 Å². The fourth-order valence-electron chi connectivity index (χ4n) is 4.53. The second-order valence-electron chi connectivity index (χ2n) is 7.81. The first-order valence-corrected chi connectivity index (χ1v) is 8.34. The van der Waals surface area contributed by atoms with Crippen LogP contribution in [0.5, 0.6) is 0 Å². The molecule has 1 fully saturated rings. The maximum atomic E-state index is 12.8. The molecule has 116 valence electrons. The highest BCUT2D eigenvalue weighted by Gasteiger charge is 2.73. The zero-order chi connectivity index (χ0) is 16.2. The van der Waals surface area contributed by atoms with Crippen LogP contribution in [0.15, 0.2) is 72.3 Å². The summed E-state index contributed by atoms with van der Waals surface area (Å²) in [5.41, 5.74) is 3.70. The molecule has 1 nitrogen and oxygen atoms in total. The van der Waals surface area contributed by atoms with Crippen LogP contribution >= 0.6 is 0 Å². The predicted octanol–water partition coefficient (Wildman–Crippen LogP) is 4.77. The smallest absolute Gasteiger partial charge is 0.160 e. The van der Waals surface area contributed by atoms with Crippen LogP contribution in [0.4, 0.5) is 0 Å². The number of hydrogen-bond acceptors (Lipinski definition) is 1. The van der Waals surface area contributed by atoms with Gasteiger partial charge in [0.1, 0.15) is 0 Å². The van der Waals surface area contributed by atoms with E-state index in [4.69, 9.17) is 0 Å². The zero-order valence-corrected chi connectivity index (χ0v) is 13.9. The lowest BCUT2D eigenvalue weighted by molar-refractivity contribution is -0.115. The molecule has 2 aliphatic rings. The predicted molar refractivity (Wildman–Crippen MR) is 93.2 cm³/mol. The Morgan fingerprint density at radius 3 is 1.70 bits per heavy atom. The average Bonchev–Trinajstić information content (AvgIpc) is 3.11. The number of carbonyl (C=O) groups is 1. The van der Waals surface area contributed by atoms with Gasteiger partial charge < -0.3 is 0 Å². The quantitative estimate of drug-likeness (QED) is 0.780. The fraction of sp³-hybridized carbons (Fsp3) is 0.318. The molecule has 4 rings (SSSR count). The van der Waals surface area contributed by atoms with E-state index < -0.39 is 0 Å². The van der Waals surface area contributed by atoms with E-state index in [2.05, 4.69) is 69.3 Å². The Labute approximate surface area is 138 Å². The van der Waals surface area contributed by atoms with Gasteiger partial charge in [-0.1, -0.05) is 87.0 Å². The first-order chi connectivity index (χ1) is 11.0. The van der Waals surface area contributed by atoms with E-state index in [1.165, 1.54) is 16.7 Å². The molecule has 0 aromatic heterocycles. The summed E-state index contributed by atoms with van der Waals surface area (Å²) in [6, 6.07) is 21.1. The Hall–Kier alpha value is -2.15. The van der Waals surface area contributed by atoms with Crippen LogP contribution in [0.1, 0.15) is 31.9 Å². The van der Waals surface area contributed by atoms with Gasteiger partial charge in [0.25, 0.3) is 0 Å². The van der Waals surface area contributed by atoms with Crippen molar-refractivity contribution in [3.8, 4) is 0 Å². The highest BCUT2D eigenvalue weighted by molar-refractivity contribution is 6.02. The zero-order valence-electron chi connectivity index (χ0n) is 13.9. The van der Waals surface area contributed by atoms with E-state index in [0.717, 1.165) is 0 Å². The van der Waals surface area contributed by atoms with Crippen LogP contribution in [0.3, 0.4) is 0 Å². The van der Waals surface area contributed by atoms with Gasteiger partial charge in [-0.15, -0.1) is 0 Å². The highest BCUT2D eigenvalue weighted by Crippen LogP contribution is 2.71. The van der Waals surface area contributed by atoms with E-state index in [1.54, 1.807) is 0 Å². The molecule has 2 atom stereocenters. The number of hydrogen-bond donors (Lipinski definition) is 0. The summed E-state index contributed by atoms with van der Waals surface area (Å²) in [5, 5.41) is 0. The van der Waals surface area contributed by atoms with E-state index in [9.17, 15) is 4.79 Å². The van der Waals surface area contributed by atoms with Crippen molar-refractivity contribution < 1.29 is 4.79 Å². The number of carbonyl (C=O) groups excluding carboxylic acids is 1. The molecule has 0 spiro atoms. The fourth-order valence-corrected chi connectivity index (χ4v) is 4.53. The van der Waals surface area contributed by atoms with Crippen molar-refractivity contribution in [1.29, 1.82) is 0 Å². The van der Waals surface area contributed by atoms with Crippen LogP contribution < -0.4 is 0 Å². The van der Waals surface area contributed by atoms with Crippen molar-refractivity contribution >= 4 is 5.78 Å². The molecular formula is C22H22O. The van der Waals surface area contributed by atoms with Crippen molar-refractivity contribution in [3.05, 3.63) is 83.4 Å². The third kappa shape index (κ3) is 1.89. The summed E-state index contributed by atoms with van der Waals surface area (Å²) in [4.78, 5) is 12.8. The van der Waals surface area contributed by atoms with Gasteiger partial charge in [0.15, 0.2) is 5.78 Å². The van der Waals surface area contributed by atoms with Crippen LogP contribution in [-0.2, 0) is 10.2 Å². The first kappa shape index (κ1) is 14.4. The summed E-state index contributed by atoms with van der Waals surface area (Å²) in [6.45, 7) is 6.65. The maximum absolute atomic E-state index is 12.8. The first-order valence-electron chi connectivity index (χ1n) is 8.34. The molecule has 0 amide bonds. The van der Waals surface area contributed by atoms with E-state index in [0.29, 0.717) is 11.7 Å². The van der Waals surface area contributed by atoms with Gasteiger partial charge in [0.2, 0.25) is 0 Å². The van der Waals surface area contributed by atoms with Gasteiger partial charge in [0.05, 0.1) is 0 Å². The minimum absolute atomic E-state index is 0.0282. The van der Waals surface area contributed by atoms with Crippen molar-refractivity contribution in [2.24, 2.45) is 17.3 Å². The molecule has 23 heavy (non-hydrogen) atoms. The largest absolute Gasteiger partial charge is 0.294 e. The van der Waals surface area contributed by atoms with Crippen molar-refractivity contribution in [1.82, 2.24) is 0 Å². The Morgan fingerprint density at radius 2 is 1.26 bits per heavy atom. The molecule has 2 aliphatic carbocycles. The summed E-state index contributed by atoms with van der Waals surface area (Å²) in [7, 11) is 0. The van der Waals surface area contributed by atoms with Crippen LogP contribution in [0, 0.1) is 17.3 Å². The van der Waals surface area contributed by atoms with Crippen LogP contribution in [0.25, 0.3) is 0 Å². The highest BCUT2D eigenvalue weighted by atomic mass is 16.1.